The summed E-state index contributed by atoms with van der Waals surface area (Å²) in [6.45, 7) is 5.54. The van der Waals surface area contributed by atoms with Crippen LogP contribution >= 0.6 is 0 Å². The second-order valence-corrected chi connectivity index (χ2v) is 5.77. The van der Waals surface area contributed by atoms with Gasteiger partial charge in [-0.2, -0.15) is 5.10 Å². The van der Waals surface area contributed by atoms with E-state index in [1.165, 1.54) is 6.07 Å². The molecule has 1 aromatic heterocycles. The number of carbonyl (C=O) groups is 1. The minimum Gasteiger partial charge on any atom is -0.491 e. The maximum absolute atomic E-state index is 14.0. The molecule has 24 heavy (non-hydrogen) atoms. The third-order valence-corrected chi connectivity index (χ3v) is 4.12. The number of carbonyl (C=O) groups excluding carboxylic acids is 1. The van der Waals surface area contributed by atoms with Crippen molar-refractivity contribution >= 4 is 5.91 Å². The van der Waals surface area contributed by atoms with Gasteiger partial charge in [-0.3, -0.25) is 9.89 Å². The van der Waals surface area contributed by atoms with Gasteiger partial charge in [0.05, 0.1) is 18.3 Å². The van der Waals surface area contributed by atoms with Crippen LogP contribution < -0.4 is 15.4 Å². The van der Waals surface area contributed by atoms with Gasteiger partial charge in [0.1, 0.15) is 0 Å². The molecule has 7 heteroatoms. The Morgan fingerprint density at radius 2 is 2.33 bits per heavy atom. The third kappa shape index (κ3) is 3.26. The molecule has 1 aliphatic heterocycles. The molecule has 1 amide bonds. The molecule has 0 saturated carbocycles. The maximum atomic E-state index is 14.0. The molecule has 3 rings (SSSR count). The minimum absolute atomic E-state index is 0.216. The highest BCUT2D eigenvalue weighted by atomic mass is 19.1. The Morgan fingerprint density at radius 1 is 1.50 bits per heavy atom. The van der Waals surface area contributed by atoms with E-state index >= 15 is 0 Å². The Morgan fingerprint density at radius 3 is 3.08 bits per heavy atom. The summed E-state index contributed by atoms with van der Waals surface area (Å²) in [6.07, 6.45) is 0.765. The van der Waals surface area contributed by atoms with E-state index < -0.39 is 5.82 Å². The van der Waals surface area contributed by atoms with Gasteiger partial charge in [0.15, 0.2) is 17.3 Å². The van der Waals surface area contributed by atoms with Crippen LogP contribution in [0.4, 0.5) is 4.39 Å². The van der Waals surface area contributed by atoms with Crippen molar-refractivity contribution in [2.45, 2.75) is 32.9 Å². The van der Waals surface area contributed by atoms with Gasteiger partial charge in [-0.25, -0.2) is 4.39 Å². The topological polar surface area (TPSA) is 79.0 Å². The molecule has 3 N–H and O–H groups in total. The predicted molar refractivity (Wildman–Crippen MR) is 87.4 cm³/mol. The molecule has 0 radical (unpaired) electrons. The molecule has 1 unspecified atom stereocenters. The predicted octanol–water partition coefficient (Wildman–Crippen LogP) is 2.08. The number of H-pyrrole nitrogens is 1. The van der Waals surface area contributed by atoms with Crippen molar-refractivity contribution in [3.05, 3.63) is 46.5 Å². The number of hydrogen-bond donors (Lipinski definition) is 3. The van der Waals surface area contributed by atoms with E-state index in [1.54, 1.807) is 19.1 Å². The Balaban J connectivity index is 1.72. The molecule has 0 aliphatic carbocycles. The summed E-state index contributed by atoms with van der Waals surface area (Å²) in [5, 5.41) is 13.1. The lowest BCUT2D eigenvalue weighted by molar-refractivity contribution is 0.0933. The lowest BCUT2D eigenvalue weighted by atomic mass is 10.0. The molecule has 6 nitrogen and oxygen atoms in total. The fourth-order valence-electron chi connectivity index (χ4n) is 2.84. The average molecular weight is 332 g/mol. The van der Waals surface area contributed by atoms with Crippen molar-refractivity contribution in [1.29, 1.82) is 0 Å². The van der Waals surface area contributed by atoms with Gasteiger partial charge < -0.3 is 15.4 Å². The zero-order valence-electron chi connectivity index (χ0n) is 13.8. The van der Waals surface area contributed by atoms with E-state index in [-0.39, 0.29) is 17.7 Å². The van der Waals surface area contributed by atoms with Crippen LogP contribution in [0.25, 0.3) is 0 Å². The van der Waals surface area contributed by atoms with Crippen LogP contribution in [0, 0.1) is 5.82 Å². The number of amides is 1. The largest absolute Gasteiger partial charge is 0.491 e. The van der Waals surface area contributed by atoms with E-state index in [1.807, 2.05) is 6.92 Å². The maximum Gasteiger partial charge on any atom is 0.272 e. The lowest BCUT2D eigenvalue weighted by Crippen LogP contribution is -2.29. The highest BCUT2D eigenvalue weighted by Crippen LogP contribution is 2.23. The van der Waals surface area contributed by atoms with Crippen molar-refractivity contribution in [2.24, 2.45) is 0 Å². The fraction of sp³-hybridized carbons (Fsp3) is 0.412. The van der Waals surface area contributed by atoms with Crippen LogP contribution in [0.3, 0.4) is 0 Å². The molecule has 1 aliphatic rings. The quantitative estimate of drug-likeness (QED) is 0.783. The first kappa shape index (κ1) is 16.4. The van der Waals surface area contributed by atoms with Crippen molar-refractivity contribution in [3.8, 4) is 5.75 Å². The summed E-state index contributed by atoms with van der Waals surface area (Å²) in [6, 6.07) is 4.39. The van der Waals surface area contributed by atoms with E-state index in [9.17, 15) is 9.18 Å². The Bertz CT molecular complexity index is 744. The second-order valence-electron chi connectivity index (χ2n) is 5.77. The van der Waals surface area contributed by atoms with Gasteiger partial charge in [-0.1, -0.05) is 6.07 Å². The van der Waals surface area contributed by atoms with Crippen molar-refractivity contribution in [2.75, 3.05) is 13.2 Å². The molecular formula is C17H21FN4O2. The van der Waals surface area contributed by atoms with Crippen LogP contribution in [-0.2, 0) is 13.0 Å². The van der Waals surface area contributed by atoms with Crippen LogP contribution in [0.1, 0.15) is 47.2 Å². The van der Waals surface area contributed by atoms with E-state index in [2.05, 4.69) is 20.8 Å². The van der Waals surface area contributed by atoms with Gasteiger partial charge in [0.2, 0.25) is 0 Å². The van der Waals surface area contributed by atoms with Crippen LogP contribution in [0.5, 0.6) is 5.75 Å². The summed E-state index contributed by atoms with van der Waals surface area (Å²) in [5.74, 6) is -0.469. The average Bonchev–Trinajstić information content (AvgIpc) is 3.01. The molecular weight excluding hydrogens is 311 g/mol. The normalized spacial score (nSPS) is 14.8. The van der Waals surface area contributed by atoms with E-state index in [0.717, 1.165) is 24.2 Å². The molecule has 128 valence electrons. The molecule has 0 bridgehead atoms. The number of aromatic amines is 1. The number of ether oxygens (including phenoxy) is 1. The summed E-state index contributed by atoms with van der Waals surface area (Å²) >= 11 is 0. The first-order chi connectivity index (χ1) is 11.6. The summed E-state index contributed by atoms with van der Waals surface area (Å²) < 4.78 is 19.2. The Hall–Kier alpha value is -2.41. The Kier molecular flexibility index (Phi) is 4.80. The highest BCUT2D eigenvalue weighted by Gasteiger charge is 2.23. The first-order valence-corrected chi connectivity index (χ1v) is 8.10. The number of aromatic nitrogens is 2. The smallest absolute Gasteiger partial charge is 0.272 e. The minimum atomic E-state index is -0.432. The molecule has 1 aromatic carbocycles. The fourth-order valence-corrected chi connectivity index (χ4v) is 2.84. The summed E-state index contributed by atoms with van der Waals surface area (Å²) in [7, 11) is 0. The van der Waals surface area contributed by atoms with Gasteiger partial charge in [0, 0.05) is 12.1 Å². The van der Waals surface area contributed by atoms with Gasteiger partial charge in [-0.15, -0.1) is 0 Å². The molecule has 1 atom stereocenters. The van der Waals surface area contributed by atoms with E-state index in [4.69, 9.17) is 4.74 Å². The van der Waals surface area contributed by atoms with Gasteiger partial charge in [-0.05, 0) is 44.5 Å². The van der Waals surface area contributed by atoms with Crippen molar-refractivity contribution < 1.29 is 13.9 Å². The number of benzene rings is 1. The van der Waals surface area contributed by atoms with Crippen LogP contribution in [0.15, 0.2) is 18.2 Å². The lowest BCUT2D eigenvalue weighted by Gasteiger charge is -2.16. The second kappa shape index (κ2) is 7.00. The highest BCUT2D eigenvalue weighted by molar-refractivity contribution is 5.94. The molecule has 2 aromatic rings. The van der Waals surface area contributed by atoms with Crippen LogP contribution in [-0.4, -0.2) is 29.3 Å². The third-order valence-electron chi connectivity index (χ3n) is 4.12. The number of rotatable bonds is 5. The van der Waals surface area contributed by atoms with Gasteiger partial charge >= 0.3 is 0 Å². The number of fused-ring (bicyclic) bond motifs is 1. The molecule has 2 heterocycles. The number of hydrogen-bond acceptors (Lipinski definition) is 4. The zero-order chi connectivity index (χ0) is 17.1. The Labute approximate surface area is 139 Å². The van der Waals surface area contributed by atoms with Gasteiger partial charge in [0.25, 0.3) is 5.91 Å². The van der Waals surface area contributed by atoms with Crippen molar-refractivity contribution in [1.82, 2.24) is 20.8 Å². The number of halogens is 1. The zero-order valence-corrected chi connectivity index (χ0v) is 13.8. The number of nitrogens with one attached hydrogen (secondary N) is 3. The summed E-state index contributed by atoms with van der Waals surface area (Å²) in [4.78, 5) is 12.5. The van der Waals surface area contributed by atoms with Crippen molar-refractivity contribution in [3.63, 3.8) is 0 Å². The molecule has 0 saturated heterocycles. The van der Waals surface area contributed by atoms with Crippen LogP contribution in [0.2, 0.25) is 0 Å². The molecule has 0 fully saturated rings. The summed E-state index contributed by atoms with van der Waals surface area (Å²) in [5.41, 5.74) is 3.00. The first-order valence-electron chi connectivity index (χ1n) is 8.10. The standard InChI is InChI=1S/C17H21FN4O2/c1-3-24-15-5-4-11(8-13(15)18)10(2)20-17(23)16-12-6-7-19-9-14(12)21-22-16/h4-5,8,10,19H,3,6-7,9H2,1-2H3,(H,20,23)(H,21,22). The number of nitrogens with zero attached hydrogens (tertiary/aromatic N) is 1. The monoisotopic (exact) mass is 332 g/mol. The molecule has 0 spiro atoms. The SMILES string of the molecule is CCOc1ccc(C(C)NC(=O)c2n[nH]c3c2CCNC3)cc1F. The van der Waals surface area contributed by atoms with E-state index in [0.29, 0.717) is 24.4 Å².